The quantitative estimate of drug-likeness (QED) is 0.850. The lowest BCUT2D eigenvalue weighted by Crippen LogP contribution is -2.37. The lowest BCUT2D eigenvalue weighted by Gasteiger charge is -2.47. The van der Waals surface area contributed by atoms with E-state index in [0.29, 0.717) is 0 Å². The van der Waals surface area contributed by atoms with Gasteiger partial charge in [-0.25, -0.2) is 0 Å². The van der Waals surface area contributed by atoms with Crippen molar-refractivity contribution in [3.8, 4) is 0 Å². The lowest BCUT2D eigenvalue weighted by atomic mass is 9.58. The van der Waals surface area contributed by atoms with E-state index in [1.54, 1.807) is 0 Å². The van der Waals surface area contributed by atoms with Crippen molar-refractivity contribution in [1.29, 1.82) is 0 Å². The molecule has 3 aliphatic carbocycles. The largest absolute Gasteiger partial charge is 0.358 e. The van der Waals surface area contributed by atoms with Gasteiger partial charge in [0.1, 0.15) is 0 Å². The molecule has 3 saturated carbocycles. The molecule has 3 N–H and O–H groups in total. The first kappa shape index (κ1) is 14.3. The van der Waals surface area contributed by atoms with Crippen LogP contribution in [0.5, 0.6) is 0 Å². The Balaban J connectivity index is 1.78. The summed E-state index contributed by atoms with van der Waals surface area (Å²) < 4.78 is 0. The Morgan fingerprint density at radius 2 is 2.05 bits per heavy atom. The van der Waals surface area contributed by atoms with Crippen LogP contribution >= 0.6 is 0 Å². The molecule has 1 aromatic carbocycles. The van der Waals surface area contributed by atoms with Crippen LogP contribution in [0.15, 0.2) is 24.3 Å². The van der Waals surface area contributed by atoms with Gasteiger partial charge in [-0.1, -0.05) is 38.0 Å². The number of hydrogen-bond donors (Lipinski definition) is 2. The number of hydrogen-bond acceptors (Lipinski definition) is 1. The third-order valence-corrected chi connectivity index (χ3v) is 6.39. The van der Waals surface area contributed by atoms with Crippen LogP contribution in [0.2, 0.25) is 0 Å². The molecule has 0 spiro atoms. The van der Waals surface area contributed by atoms with Crippen molar-refractivity contribution in [2.24, 2.45) is 23.5 Å². The van der Waals surface area contributed by atoms with Gasteiger partial charge >= 0.3 is 0 Å². The van der Waals surface area contributed by atoms with Gasteiger partial charge in [-0.15, -0.1) is 0 Å². The molecule has 0 amide bonds. The predicted octanol–water partition coefficient (Wildman–Crippen LogP) is 4.60. The van der Waals surface area contributed by atoms with E-state index >= 15 is 0 Å². The molecule has 3 aliphatic rings. The first-order valence-corrected chi connectivity index (χ1v) is 9.11. The smallest absolute Gasteiger partial charge is 0.0459 e. The van der Waals surface area contributed by atoms with Gasteiger partial charge in [-0.2, -0.15) is 0 Å². The lowest BCUT2D eigenvalue weighted by molar-refractivity contribution is 0.0696. The van der Waals surface area contributed by atoms with E-state index < -0.39 is 0 Å². The van der Waals surface area contributed by atoms with Gasteiger partial charge in [-0.05, 0) is 61.6 Å². The zero-order valence-corrected chi connectivity index (χ0v) is 13.6. The minimum atomic E-state index is 0.742. The Morgan fingerprint density at radius 1 is 1.18 bits per heavy atom. The summed E-state index contributed by atoms with van der Waals surface area (Å²) in [7, 11) is 0. The summed E-state index contributed by atoms with van der Waals surface area (Å²) in [5, 5.41) is 1.40. The second kappa shape index (κ2) is 5.73. The van der Waals surface area contributed by atoms with Crippen molar-refractivity contribution in [1.82, 2.24) is 4.98 Å². The molecule has 5 rings (SSSR count). The van der Waals surface area contributed by atoms with Crippen LogP contribution in [0.4, 0.5) is 0 Å². The Labute approximate surface area is 133 Å². The maximum atomic E-state index is 5.92. The van der Waals surface area contributed by atoms with Crippen LogP contribution in [0.3, 0.4) is 0 Å². The Hall–Kier alpha value is -1.28. The molecule has 2 heteroatoms. The molecule has 2 aromatic rings. The Morgan fingerprint density at radius 3 is 2.82 bits per heavy atom. The molecule has 0 aliphatic heterocycles. The molecule has 22 heavy (non-hydrogen) atoms. The fourth-order valence-corrected chi connectivity index (χ4v) is 5.41. The molecule has 0 saturated heterocycles. The van der Waals surface area contributed by atoms with E-state index in [9.17, 15) is 0 Å². The monoisotopic (exact) mass is 296 g/mol. The topological polar surface area (TPSA) is 41.8 Å². The number of rotatable bonds is 4. The zero-order chi connectivity index (χ0) is 15.1. The van der Waals surface area contributed by atoms with Crippen LogP contribution in [-0.2, 0) is 6.42 Å². The normalized spacial score (nSPS) is 31.0. The summed E-state index contributed by atoms with van der Waals surface area (Å²) in [6.07, 6.45) is 8.12. The number of nitrogens with one attached hydrogen (secondary N) is 1. The van der Waals surface area contributed by atoms with Crippen molar-refractivity contribution in [2.75, 3.05) is 6.54 Å². The number of aromatic amines is 1. The third-order valence-electron chi connectivity index (χ3n) is 6.39. The van der Waals surface area contributed by atoms with E-state index in [1.807, 2.05) is 0 Å². The highest BCUT2D eigenvalue weighted by Crippen LogP contribution is 2.54. The van der Waals surface area contributed by atoms with E-state index in [0.717, 1.165) is 36.6 Å². The molecule has 4 unspecified atom stereocenters. The van der Waals surface area contributed by atoms with Crippen LogP contribution in [-0.4, -0.2) is 11.5 Å². The molecule has 2 bridgehead atoms. The number of aromatic nitrogens is 1. The van der Waals surface area contributed by atoms with Crippen molar-refractivity contribution >= 4 is 10.9 Å². The molecular weight excluding hydrogens is 268 g/mol. The molecule has 4 atom stereocenters. The SMILES string of the molecule is CCC1CC2CCC1C(c1[nH]c3ccccc3c1CCN)C2. The van der Waals surface area contributed by atoms with Crippen LogP contribution < -0.4 is 5.73 Å². The maximum Gasteiger partial charge on any atom is 0.0459 e. The molecule has 3 fully saturated rings. The minimum absolute atomic E-state index is 0.742. The van der Waals surface area contributed by atoms with Crippen molar-refractivity contribution in [3.63, 3.8) is 0 Å². The molecule has 1 aromatic heterocycles. The highest BCUT2D eigenvalue weighted by molar-refractivity contribution is 5.85. The molecule has 118 valence electrons. The van der Waals surface area contributed by atoms with Gasteiger partial charge in [0.25, 0.3) is 0 Å². The average Bonchev–Trinajstić information content (AvgIpc) is 2.94. The fourth-order valence-electron chi connectivity index (χ4n) is 5.41. The molecule has 1 heterocycles. The number of H-pyrrole nitrogens is 1. The number of nitrogens with two attached hydrogens (primary N) is 1. The van der Waals surface area contributed by atoms with Gasteiger partial charge in [0, 0.05) is 22.5 Å². The van der Waals surface area contributed by atoms with Crippen molar-refractivity contribution in [3.05, 3.63) is 35.5 Å². The first-order chi connectivity index (χ1) is 10.8. The van der Waals surface area contributed by atoms with Crippen LogP contribution in [0, 0.1) is 17.8 Å². The van der Waals surface area contributed by atoms with E-state index in [4.69, 9.17) is 5.73 Å². The van der Waals surface area contributed by atoms with E-state index in [1.165, 1.54) is 54.3 Å². The first-order valence-electron chi connectivity index (χ1n) is 9.11. The van der Waals surface area contributed by atoms with Gasteiger partial charge in [0.15, 0.2) is 0 Å². The maximum absolute atomic E-state index is 5.92. The predicted molar refractivity (Wildman–Crippen MR) is 93.0 cm³/mol. The van der Waals surface area contributed by atoms with Crippen molar-refractivity contribution in [2.45, 2.75) is 51.4 Å². The standard InChI is InChI=1S/C20H28N2/c1-2-14-11-13-7-8-15(14)18(12-13)20-17(9-10-21)16-5-3-4-6-19(16)22-20/h3-6,13-15,18,22H,2,7-12,21H2,1H3. The summed E-state index contributed by atoms with van der Waals surface area (Å²) in [4.78, 5) is 3.79. The van der Waals surface area contributed by atoms with Crippen LogP contribution in [0.1, 0.15) is 56.2 Å². The number of fused-ring (bicyclic) bond motifs is 4. The van der Waals surface area contributed by atoms with Gasteiger partial charge < -0.3 is 10.7 Å². The van der Waals surface area contributed by atoms with Crippen LogP contribution in [0.25, 0.3) is 10.9 Å². The second-order valence-electron chi connectivity index (χ2n) is 7.45. The number of benzene rings is 1. The third kappa shape index (κ3) is 2.20. The average molecular weight is 296 g/mol. The molecule has 0 radical (unpaired) electrons. The molecule has 2 nitrogen and oxygen atoms in total. The Kier molecular flexibility index (Phi) is 3.73. The van der Waals surface area contributed by atoms with Gasteiger partial charge in [0.05, 0.1) is 0 Å². The van der Waals surface area contributed by atoms with Gasteiger partial charge in [0.2, 0.25) is 0 Å². The van der Waals surface area contributed by atoms with Crippen molar-refractivity contribution < 1.29 is 0 Å². The van der Waals surface area contributed by atoms with E-state index in [2.05, 4.69) is 36.2 Å². The van der Waals surface area contributed by atoms with E-state index in [-0.39, 0.29) is 0 Å². The summed E-state index contributed by atoms with van der Waals surface area (Å²) in [6.45, 7) is 3.13. The highest BCUT2D eigenvalue weighted by Gasteiger charge is 2.43. The minimum Gasteiger partial charge on any atom is -0.358 e. The zero-order valence-electron chi connectivity index (χ0n) is 13.6. The molecular formula is C20H28N2. The number of para-hydroxylation sites is 1. The summed E-state index contributed by atoms with van der Waals surface area (Å²) in [6, 6.07) is 8.77. The Bertz CT molecular complexity index is 657. The summed E-state index contributed by atoms with van der Waals surface area (Å²) >= 11 is 0. The fraction of sp³-hybridized carbons (Fsp3) is 0.600. The highest BCUT2D eigenvalue weighted by atomic mass is 14.7. The second-order valence-corrected chi connectivity index (χ2v) is 7.45. The summed E-state index contributed by atoms with van der Waals surface area (Å²) in [5.41, 5.74) is 10.3. The summed E-state index contributed by atoms with van der Waals surface area (Å²) in [5.74, 6) is 3.53. The van der Waals surface area contributed by atoms with Gasteiger partial charge in [-0.3, -0.25) is 0 Å².